The fourth-order valence-corrected chi connectivity index (χ4v) is 2.86. The van der Waals surface area contributed by atoms with Crippen LogP contribution in [0.15, 0.2) is 48.5 Å². The van der Waals surface area contributed by atoms with Crippen LogP contribution in [0.4, 0.5) is 9.18 Å². The van der Waals surface area contributed by atoms with Crippen molar-refractivity contribution >= 4 is 11.9 Å². The zero-order valence-corrected chi connectivity index (χ0v) is 14.2. The molecule has 6 nitrogen and oxygen atoms in total. The summed E-state index contributed by atoms with van der Waals surface area (Å²) in [5.41, 5.74) is 0.680. The lowest BCUT2D eigenvalue weighted by atomic mass is 10.1. The molecule has 26 heavy (non-hydrogen) atoms. The smallest absolute Gasteiger partial charge is 0.317 e. The maximum Gasteiger partial charge on any atom is 0.317 e. The van der Waals surface area contributed by atoms with E-state index in [9.17, 15) is 19.1 Å². The van der Waals surface area contributed by atoms with E-state index in [0.29, 0.717) is 31.7 Å². The number of phenols is 1. The summed E-state index contributed by atoms with van der Waals surface area (Å²) in [6.07, 6.45) is 0. The number of carbonyl (C=O) groups excluding carboxylic acids is 2. The van der Waals surface area contributed by atoms with Crippen LogP contribution in [0.2, 0.25) is 0 Å². The Morgan fingerprint density at radius 2 is 1.58 bits per heavy atom. The Morgan fingerprint density at radius 3 is 2.27 bits per heavy atom. The second-order valence-corrected chi connectivity index (χ2v) is 6.05. The van der Waals surface area contributed by atoms with E-state index in [0.717, 1.165) is 0 Å². The van der Waals surface area contributed by atoms with Crippen LogP contribution in [0.3, 0.4) is 0 Å². The quantitative estimate of drug-likeness (QED) is 0.885. The first-order valence-corrected chi connectivity index (χ1v) is 8.39. The minimum absolute atomic E-state index is 0.0532. The molecule has 1 aliphatic heterocycles. The van der Waals surface area contributed by atoms with E-state index >= 15 is 0 Å². The molecule has 0 aromatic heterocycles. The summed E-state index contributed by atoms with van der Waals surface area (Å²) in [5, 5.41) is 12.5. The molecular weight excluding hydrogens is 337 g/mol. The number of phenolic OH excluding ortho intramolecular Hbond substituents is 1. The van der Waals surface area contributed by atoms with E-state index in [-0.39, 0.29) is 35.6 Å². The van der Waals surface area contributed by atoms with Crippen LogP contribution >= 0.6 is 0 Å². The minimum Gasteiger partial charge on any atom is -0.507 e. The number of nitrogens with zero attached hydrogens (tertiary/aromatic N) is 2. The van der Waals surface area contributed by atoms with E-state index in [1.807, 2.05) is 0 Å². The van der Waals surface area contributed by atoms with Gasteiger partial charge in [-0.05, 0) is 18.2 Å². The number of piperazine rings is 1. The topological polar surface area (TPSA) is 72.9 Å². The number of urea groups is 1. The van der Waals surface area contributed by atoms with Gasteiger partial charge in [-0.25, -0.2) is 9.18 Å². The average molecular weight is 357 g/mol. The molecule has 0 radical (unpaired) electrons. The Bertz CT molecular complexity index is 804. The van der Waals surface area contributed by atoms with Crippen LogP contribution in [0.25, 0.3) is 0 Å². The van der Waals surface area contributed by atoms with E-state index < -0.39 is 0 Å². The predicted octanol–water partition coefficient (Wildman–Crippen LogP) is 2.20. The van der Waals surface area contributed by atoms with Crippen molar-refractivity contribution in [3.05, 3.63) is 65.5 Å². The number of hydrogen-bond acceptors (Lipinski definition) is 3. The highest BCUT2D eigenvalue weighted by Gasteiger charge is 2.26. The number of halogens is 1. The molecule has 3 rings (SSSR count). The highest BCUT2D eigenvalue weighted by molar-refractivity contribution is 5.97. The van der Waals surface area contributed by atoms with Crippen LogP contribution in [-0.2, 0) is 6.54 Å². The highest BCUT2D eigenvalue weighted by Crippen LogP contribution is 2.18. The molecule has 0 atom stereocenters. The van der Waals surface area contributed by atoms with Gasteiger partial charge in [0.15, 0.2) is 0 Å². The molecule has 0 aliphatic carbocycles. The van der Waals surface area contributed by atoms with Crippen molar-refractivity contribution in [2.45, 2.75) is 6.54 Å². The van der Waals surface area contributed by atoms with Gasteiger partial charge in [0.1, 0.15) is 11.6 Å². The maximum atomic E-state index is 13.6. The zero-order valence-electron chi connectivity index (χ0n) is 14.2. The van der Waals surface area contributed by atoms with Gasteiger partial charge in [0.25, 0.3) is 5.91 Å². The van der Waals surface area contributed by atoms with Crippen molar-refractivity contribution in [1.29, 1.82) is 0 Å². The molecule has 1 heterocycles. The number of amides is 3. The van der Waals surface area contributed by atoms with E-state index in [1.165, 1.54) is 12.1 Å². The fourth-order valence-electron chi connectivity index (χ4n) is 2.86. The van der Waals surface area contributed by atoms with Crippen molar-refractivity contribution < 1.29 is 19.1 Å². The van der Waals surface area contributed by atoms with Crippen molar-refractivity contribution in [2.75, 3.05) is 26.2 Å². The Balaban J connectivity index is 1.52. The van der Waals surface area contributed by atoms with Crippen molar-refractivity contribution in [1.82, 2.24) is 15.1 Å². The van der Waals surface area contributed by atoms with Gasteiger partial charge in [0.05, 0.1) is 5.56 Å². The Hall–Kier alpha value is -3.09. The lowest BCUT2D eigenvalue weighted by molar-refractivity contribution is 0.0662. The number of carbonyl (C=O) groups is 2. The molecular formula is C19H20FN3O3. The number of aromatic hydroxyl groups is 1. The first kappa shape index (κ1) is 17.7. The Morgan fingerprint density at radius 1 is 0.962 bits per heavy atom. The standard InChI is InChI=1S/C19H20FN3O3/c20-16-7-3-1-5-14(16)13-21-19(26)23-11-9-22(10-12-23)18(25)15-6-2-4-8-17(15)24/h1-8,24H,9-13H2,(H,21,26). The number of nitrogens with one attached hydrogen (secondary N) is 1. The van der Waals surface area contributed by atoms with Gasteiger partial charge in [0, 0.05) is 38.3 Å². The second kappa shape index (κ2) is 7.86. The first-order valence-electron chi connectivity index (χ1n) is 8.39. The van der Waals surface area contributed by atoms with Crippen molar-refractivity contribution in [3.8, 4) is 5.75 Å². The molecule has 2 N–H and O–H groups in total. The van der Waals surface area contributed by atoms with E-state index in [1.54, 1.807) is 46.2 Å². The molecule has 136 valence electrons. The van der Waals surface area contributed by atoms with Gasteiger partial charge in [-0.3, -0.25) is 4.79 Å². The van der Waals surface area contributed by atoms with Gasteiger partial charge in [-0.2, -0.15) is 0 Å². The van der Waals surface area contributed by atoms with E-state index in [4.69, 9.17) is 0 Å². The average Bonchev–Trinajstić information content (AvgIpc) is 2.67. The summed E-state index contributed by atoms with van der Waals surface area (Å²) in [6, 6.07) is 12.4. The number of para-hydroxylation sites is 1. The molecule has 7 heteroatoms. The van der Waals surface area contributed by atoms with Crippen molar-refractivity contribution in [2.24, 2.45) is 0 Å². The van der Waals surface area contributed by atoms with Crippen LogP contribution in [-0.4, -0.2) is 53.0 Å². The lowest BCUT2D eigenvalue weighted by Crippen LogP contribution is -2.53. The van der Waals surface area contributed by atoms with Gasteiger partial charge in [0.2, 0.25) is 0 Å². The molecule has 1 aliphatic rings. The molecule has 0 spiro atoms. The summed E-state index contributed by atoms with van der Waals surface area (Å²) < 4.78 is 13.6. The summed E-state index contributed by atoms with van der Waals surface area (Å²) in [4.78, 5) is 27.9. The molecule has 1 fully saturated rings. The number of benzene rings is 2. The number of hydrogen-bond donors (Lipinski definition) is 2. The van der Waals surface area contributed by atoms with Gasteiger partial charge < -0.3 is 20.2 Å². The Labute approximate surface area is 150 Å². The molecule has 1 saturated heterocycles. The maximum absolute atomic E-state index is 13.6. The molecule has 0 unspecified atom stereocenters. The molecule has 3 amide bonds. The summed E-state index contributed by atoms with van der Waals surface area (Å²) in [6.45, 7) is 1.62. The van der Waals surface area contributed by atoms with Crippen LogP contribution in [0.1, 0.15) is 15.9 Å². The normalized spacial score (nSPS) is 14.2. The third kappa shape index (κ3) is 3.93. The van der Waals surface area contributed by atoms with Crippen molar-refractivity contribution in [3.63, 3.8) is 0 Å². The van der Waals surface area contributed by atoms with E-state index in [2.05, 4.69) is 5.32 Å². The van der Waals surface area contributed by atoms with Gasteiger partial charge in [-0.1, -0.05) is 30.3 Å². The summed E-state index contributed by atoms with van der Waals surface area (Å²) in [7, 11) is 0. The fraction of sp³-hybridized carbons (Fsp3) is 0.263. The molecule has 0 bridgehead atoms. The molecule has 0 saturated carbocycles. The van der Waals surface area contributed by atoms with Crippen LogP contribution in [0, 0.1) is 5.82 Å². The number of rotatable bonds is 3. The van der Waals surface area contributed by atoms with Crippen LogP contribution in [0.5, 0.6) is 5.75 Å². The SMILES string of the molecule is O=C(NCc1ccccc1F)N1CCN(C(=O)c2ccccc2O)CC1. The summed E-state index contributed by atoms with van der Waals surface area (Å²) in [5.74, 6) is -0.664. The lowest BCUT2D eigenvalue weighted by Gasteiger charge is -2.34. The van der Waals surface area contributed by atoms with Gasteiger partial charge in [-0.15, -0.1) is 0 Å². The highest BCUT2D eigenvalue weighted by atomic mass is 19.1. The summed E-state index contributed by atoms with van der Waals surface area (Å²) >= 11 is 0. The minimum atomic E-state index is -0.356. The third-order valence-corrected chi connectivity index (χ3v) is 4.38. The second-order valence-electron chi connectivity index (χ2n) is 6.05. The zero-order chi connectivity index (χ0) is 18.5. The monoisotopic (exact) mass is 357 g/mol. The van der Waals surface area contributed by atoms with Crippen LogP contribution < -0.4 is 5.32 Å². The molecule has 2 aromatic rings. The van der Waals surface area contributed by atoms with Gasteiger partial charge >= 0.3 is 6.03 Å². The molecule has 2 aromatic carbocycles. The predicted molar refractivity (Wildman–Crippen MR) is 94.2 cm³/mol. The largest absolute Gasteiger partial charge is 0.507 e. The third-order valence-electron chi connectivity index (χ3n) is 4.38. The Kier molecular flexibility index (Phi) is 5.36. The first-order chi connectivity index (χ1) is 12.6.